The summed E-state index contributed by atoms with van der Waals surface area (Å²) < 4.78 is 20.2. The van der Waals surface area contributed by atoms with Crippen molar-refractivity contribution in [2.45, 2.75) is 52.3 Å². The first kappa shape index (κ1) is 14.4. The van der Waals surface area contributed by atoms with E-state index in [1.807, 2.05) is 0 Å². The predicted molar refractivity (Wildman–Crippen MR) is 57.2 cm³/mol. The van der Waals surface area contributed by atoms with E-state index in [1.165, 1.54) is 20.8 Å². The number of esters is 3. The molecule has 4 atom stereocenters. The van der Waals surface area contributed by atoms with Crippen LogP contribution < -0.4 is 0 Å². The molecule has 0 aromatic carbocycles. The molecule has 1 aliphatic heterocycles. The quantitative estimate of drug-likeness (QED) is 0.527. The number of hydrogen-bond donors (Lipinski definition) is 0. The Morgan fingerprint density at radius 1 is 0.833 bits per heavy atom. The Morgan fingerprint density at radius 3 is 1.72 bits per heavy atom. The van der Waals surface area contributed by atoms with Gasteiger partial charge in [0, 0.05) is 20.8 Å². The minimum Gasteiger partial charge on any atom is -0.456 e. The van der Waals surface area contributed by atoms with Gasteiger partial charge in [-0.25, -0.2) is 0 Å². The second-order valence-corrected chi connectivity index (χ2v) is 3.97. The van der Waals surface area contributed by atoms with Gasteiger partial charge < -0.3 is 18.9 Å². The van der Waals surface area contributed by atoms with E-state index in [1.54, 1.807) is 6.92 Å². The van der Waals surface area contributed by atoms with Gasteiger partial charge >= 0.3 is 17.9 Å². The Morgan fingerprint density at radius 2 is 1.28 bits per heavy atom. The van der Waals surface area contributed by atoms with Gasteiger partial charge in [0.25, 0.3) is 0 Å². The van der Waals surface area contributed by atoms with Gasteiger partial charge in [0.2, 0.25) is 12.4 Å². The fourth-order valence-corrected chi connectivity index (χ4v) is 1.72. The summed E-state index contributed by atoms with van der Waals surface area (Å²) in [7, 11) is 0. The summed E-state index contributed by atoms with van der Waals surface area (Å²) in [6.07, 6.45) is -3.35. The second kappa shape index (κ2) is 5.81. The summed E-state index contributed by atoms with van der Waals surface area (Å²) in [6.45, 7) is 5.28. The Labute approximate surface area is 104 Å². The van der Waals surface area contributed by atoms with Gasteiger partial charge in [-0.2, -0.15) is 0 Å². The van der Waals surface area contributed by atoms with E-state index in [0.717, 1.165) is 0 Å². The summed E-state index contributed by atoms with van der Waals surface area (Å²) in [5.74, 6) is -1.68. The van der Waals surface area contributed by atoms with Gasteiger partial charge in [-0.05, 0) is 6.92 Å². The van der Waals surface area contributed by atoms with E-state index in [2.05, 4.69) is 0 Å². The maximum atomic E-state index is 11.0. The maximum absolute atomic E-state index is 11.0. The Balaban J connectivity index is 2.83. The van der Waals surface area contributed by atoms with Gasteiger partial charge in [-0.1, -0.05) is 0 Å². The lowest BCUT2D eigenvalue weighted by atomic mass is 10.1. The Kier molecular flexibility index (Phi) is 4.66. The molecule has 0 aromatic rings. The number of ether oxygens (including phenoxy) is 4. The summed E-state index contributed by atoms with van der Waals surface area (Å²) >= 11 is 0. The SMILES string of the molecule is CC(=O)OC1O[C@@H](C)[C@H](OC(C)=O)[C@@H]1OC(C)=O. The van der Waals surface area contributed by atoms with Crippen molar-refractivity contribution in [3.8, 4) is 0 Å². The molecule has 7 nitrogen and oxygen atoms in total. The van der Waals surface area contributed by atoms with Crippen LogP contribution in [-0.2, 0) is 33.3 Å². The van der Waals surface area contributed by atoms with Crippen LogP contribution in [0.1, 0.15) is 27.7 Å². The third-order valence-electron chi connectivity index (χ3n) is 2.29. The fourth-order valence-electron chi connectivity index (χ4n) is 1.72. The number of carbonyl (C=O) groups excluding carboxylic acids is 3. The van der Waals surface area contributed by atoms with Crippen LogP contribution in [0.15, 0.2) is 0 Å². The topological polar surface area (TPSA) is 88.1 Å². The van der Waals surface area contributed by atoms with E-state index in [9.17, 15) is 14.4 Å². The Hall–Kier alpha value is -1.63. The minimum atomic E-state index is -1.06. The van der Waals surface area contributed by atoms with Gasteiger partial charge in [0.1, 0.15) is 0 Å². The lowest BCUT2D eigenvalue weighted by molar-refractivity contribution is -0.194. The van der Waals surface area contributed by atoms with E-state index in [4.69, 9.17) is 18.9 Å². The summed E-state index contributed by atoms with van der Waals surface area (Å²) in [6, 6.07) is 0. The van der Waals surface area contributed by atoms with Crippen LogP contribution in [0, 0.1) is 0 Å². The predicted octanol–water partition coefficient (Wildman–Crippen LogP) is 0.158. The highest BCUT2D eigenvalue weighted by Gasteiger charge is 2.49. The molecule has 1 aliphatic rings. The van der Waals surface area contributed by atoms with Crippen LogP contribution in [-0.4, -0.2) is 42.5 Å². The van der Waals surface area contributed by atoms with Crippen LogP contribution in [0.4, 0.5) is 0 Å². The van der Waals surface area contributed by atoms with E-state index < -0.39 is 42.5 Å². The van der Waals surface area contributed by atoms with Crippen molar-refractivity contribution in [2.75, 3.05) is 0 Å². The zero-order chi connectivity index (χ0) is 13.9. The van der Waals surface area contributed by atoms with Crippen molar-refractivity contribution in [1.82, 2.24) is 0 Å². The number of hydrogen-bond acceptors (Lipinski definition) is 7. The molecule has 0 aliphatic carbocycles. The van der Waals surface area contributed by atoms with Crippen LogP contribution in [0.5, 0.6) is 0 Å². The molecule has 0 radical (unpaired) electrons. The van der Waals surface area contributed by atoms with Crippen LogP contribution >= 0.6 is 0 Å². The van der Waals surface area contributed by atoms with Crippen molar-refractivity contribution in [3.05, 3.63) is 0 Å². The van der Waals surface area contributed by atoms with Crippen LogP contribution in [0.2, 0.25) is 0 Å². The number of carbonyl (C=O) groups is 3. The molecule has 0 bridgehead atoms. The molecule has 1 unspecified atom stereocenters. The highest BCUT2D eigenvalue weighted by Crippen LogP contribution is 2.27. The van der Waals surface area contributed by atoms with Crippen molar-refractivity contribution >= 4 is 17.9 Å². The highest BCUT2D eigenvalue weighted by molar-refractivity contribution is 5.68. The Bertz CT molecular complexity index is 351. The standard InChI is InChI=1S/C11H16O7/c1-5-9(16-6(2)12)10(17-7(3)13)11(15-5)18-8(4)14/h5,9-11H,1-4H3/t5-,9-,10-,11?/m0/s1. The largest absolute Gasteiger partial charge is 0.456 e. The maximum Gasteiger partial charge on any atom is 0.305 e. The monoisotopic (exact) mass is 260 g/mol. The molecule has 1 saturated heterocycles. The van der Waals surface area contributed by atoms with Crippen molar-refractivity contribution in [1.29, 1.82) is 0 Å². The molecule has 7 heteroatoms. The van der Waals surface area contributed by atoms with Gasteiger partial charge in [-0.3, -0.25) is 14.4 Å². The van der Waals surface area contributed by atoms with Crippen molar-refractivity contribution in [3.63, 3.8) is 0 Å². The normalized spacial score (nSPS) is 30.7. The highest BCUT2D eigenvalue weighted by atomic mass is 16.7. The zero-order valence-electron chi connectivity index (χ0n) is 10.7. The molecule has 18 heavy (non-hydrogen) atoms. The third kappa shape index (κ3) is 3.69. The third-order valence-corrected chi connectivity index (χ3v) is 2.29. The van der Waals surface area contributed by atoms with Gasteiger partial charge in [0.15, 0.2) is 6.10 Å². The summed E-state index contributed by atoms with van der Waals surface area (Å²) in [5, 5.41) is 0. The lowest BCUT2D eigenvalue weighted by Gasteiger charge is -2.22. The first-order valence-corrected chi connectivity index (χ1v) is 5.48. The van der Waals surface area contributed by atoms with Crippen LogP contribution in [0.25, 0.3) is 0 Å². The van der Waals surface area contributed by atoms with E-state index >= 15 is 0 Å². The van der Waals surface area contributed by atoms with E-state index in [0.29, 0.717) is 0 Å². The average molecular weight is 260 g/mol. The minimum absolute atomic E-state index is 0.531. The van der Waals surface area contributed by atoms with Gasteiger partial charge in [0.05, 0.1) is 6.10 Å². The molecule has 0 N–H and O–H groups in total. The molecular weight excluding hydrogens is 244 g/mol. The fraction of sp³-hybridized carbons (Fsp3) is 0.727. The van der Waals surface area contributed by atoms with Gasteiger partial charge in [-0.15, -0.1) is 0 Å². The molecule has 1 rings (SSSR count). The molecule has 0 amide bonds. The molecule has 0 aromatic heterocycles. The van der Waals surface area contributed by atoms with Crippen molar-refractivity contribution < 1.29 is 33.3 Å². The van der Waals surface area contributed by atoms with Crippen molar-refractivity contribution in [2.24, 2.45) is 0 Å². The van der Waals surface area contributed by atoms with E-state index in [-0.39, 0.29) is 0 Å². The summed E-state index contributed by atoms with van der Waals surface area (Å²) in [4.78, 5) is 32.9. The molecule has 102 valence electrons. The second-order valence-electron chi connectivity index (χ2n) is 3.97. The average Bonchev–Trinajstić information content (AvgIpc) is 2.43. The first-order chi connectivity index (χ1) is 8.31. The molecule has 1 heterocycles. The lowest BCUT2D eigenvalue weighted by Crippen LogP contribution is -2.40. The molecule has 0 spiro atoms. The van der Waals surface area contributed by atoms with Crippen LogP contribution in [0.3, 0.4) is 0 Å². The molecule has 1 fully saturated rings. The molecular formula is C11H16O7. The molecule has 0 saturated carbocycles. The summed E-state index contributed by atoms with van der Waals surface area (Å²) in [5.41, 5.74) is 0. The number of rotatable bonds is 3. The first-order valence-electron chi connectivity index (χ1n) is 5.48. The zero-order valence-corrected chi connectivity index (χ0v) is 10.7. The smallest absolute Gasteiger partial charge is 0.305 e.